The van der Waals surface area contributed by atoms with Crippen molar-refractivity contribution in [2.45, 2.75) is 25.0 Å². The topological polar surface area (TPSA) is 69.6 Å². The highest BCUT2D eigenvalue weighted by atomic mass is 16.5. The van der Waals surface area contributed by atoms with Gasteiger partial charge in [-0.3, -0.25) is 9.79 Å². The van der Waals surface area contributed by atoms with Crippen LogP contribution in [0.5, 0.6) is 5.75 Å². The summed E-state index contributed by atoms with van der Waals surface area (Å²) in [6.07, 6.45) is 1.59. The molecule has 0 bridgehead atoms. The zero-order chi connectivity index (χ0) is 21.5. The van der Waals surface area contributed by atoms with Gasteiger partial charge in [0.1, 0.15) is 11.9 Å². The molecule has 30 heavy (non-hydrogen) atoms. The molecule has 2 fully saturated rings. The van der Waals surface area contributed by atoms with Crippen LogP contribution in [0.25, 0.3) is 0 Å². The van der Waals surface area contributed by atoms with Crippen molar-refractivity contribution in [2.24, 2.45) is 4.99 Å². The van der Waals surface area contributed by atoms with Crippen molar-refractivity contribution in [2.75, 3.05) is 67.6 Å². The second kappa shape index (κ2) is 10.6. The molecule has 1 aromatic carbocycles. The molecule has 2 atom stereocenters. The minimum Gasteiger partial charge on any atom is -0.497 e. The third-order valence-electron chi connectivity index (χ3n) is 5.89. The fourth-order valence-electron chi connectivity index (χ4n) is 4.06. The Morgan fingerprint density at radius 3 is 2.43 bits per heavy atom. The first-order valence-electron chi connectivity index (χ1n) is 10.7. The molecule has 0 aromatic heterocycles. The Labute approximate surface area is 179 Å². The predicted octanol–water partition coefficient (Wildman–Crippen LogP) is 1.20. The van der Waals surface area contributed by atoms with Crippen LogP contribution in [0, 0.1) is 0 Å². The van der Waals surface area contributed by atoms with Gasteiger partial charge in [0, 0.05) is 46.4 Å². The second-order valence-corrected chi connectivity index (χ2v) is 7.99. The van der Waals surface area contributed by atoms with Gasteiger partial charge in [0.2, 0.25) is 0 Å². The molecule has 1 N–H and O–H groups in total. The lowest BCUT2D eigenvalue weighted by atomic mass is 10.1. The number of likely N-dealkylation sites (N-methyl/N-ethyl adjacent to an activating group) is 1. The lowest BCUT2D eigenvalue weighted by Crippen LogP contribution is -2.55. The van der Waals surface area contributed by atoms with E-state index < -0.39 is 0 Å². The molecule has 8 nitrogen and oxygen atoms in total. The Morgan fingerprint density at radius 1 is 1.23 bits per heavy atom. The van der Waals surface area contributed by atoms with Crippen molar-refractivity contribution < 1.29 is 14.3 Å². The average molecular weight is 418 g/mol. The van der Waals surface area contributed by atoms with Gasteiger partial charge >= 0.3 is 0 Å². The number of nitrogens with zero attached hydrogens (tertiary/aromatic N) is 4. The van der Waals surface area contributed by atoms with Crippen molar-refractivity contribution >= 4 is 11.9 Å². The zero-order valence-electron chi connectivity index (χ0n) is 18.6. The molecule has 2 saturated heterocycles. The minimum atomic E-state index is -0.237. The number of nitrogens with one attached hydrogen (secondary N) is 1. The van der Waals surface area contributed by atoms with Gasteiger partial charge in [-0.1, -0.05) is 12.1 Å². The summed E-state index contributed by atoms with van der Waals surface area (Å²) in [6, 6.07) is 8.39. The van der Waals surface area contributed by atoms with Gasteiger partial charge in [-0.15, -0.1) is 0 Å². The summed E-state index contributed by atoms with van der Waals surface area (Å²) in [5, 5.41) is 3.52. The van der Waals surface area contributed by atoms with Crippen LogP contribution in [-0.4, -0.2) is 100 Å². The van der Waals surface area contributed by atoms with E-state index in [2.05, 4.69) is 46.3 Å². The quantitative estimate of drug-likeness (QED) is 0.554. The van der Waals surface area contributed by atoms with E-state index in [-0.39, 0.29) is 18.1 Å². The highest BCUT2D eigenvalue weighted by Gasteiger charge is 2.31. The van der Waals surface area contributed by atoms with Crippen LogP contribution in [0.2, 0.25) is 0 Å². The van der Waals surface area contributed by atoms with Gasteiger partial charge in [0.05, 0.1) is 13.2 Å². The summed E-state index contributed by atoms with van der Waals surface area (Å²) >= 11 is 0. The fraction of sp³-hybridized carbons (Fsp3) is 0.636. The molecule has 1 amide bonds. The normalized spacial score (nSPS) is 21.1. The fourth-order valence-corrected chi connectivity index (χ4v) is 4.06. The molecule has 3 rings (SSSR count). The van der Waals surface area contributed by atoms with Crippen molar-refractivity contribution in [3.63, 3.8) is 0 Å². The number of aliphatic imine (C=N–C) groups is 1. The number of benzene rings is 1. The first-order valence-corrected chi connectivity index (χ1v) is 10.7. The Morgan fingerprint density at radius 2 is 1.90 bits per heavy atom. The largest absolute Gasteiger partial charge is 0.497 e. The summed E-state index contributed by atoms with van der Waals surface area (Å²) in [7, 11) is 7.64. The predicted molar refractivity (Wildman–Crippen MR) is 118 cm³/mol. The van der Waals surface area contributed by atoms with Gasteiger partial charge in [0.15, 0.2) is 5.96 Å². The third-order valence-corrected chi connectivity index (χ3v) is 5.89. The minimum absolute atomic E-state index is 0.141. The van der Waals surface area contributed by atoms with Gasteiger partial charge in [0.25, 0.3) is 5.91 Å². The van der Waals surface area contributed by atoms with E-state index in [9.17, 15) is 4.79 Å². The molecule has 2 aliphatic heterocycles. The first kappa shape index (κ1) is 22.4. The van der Waals surface area contributed by atoms with E-state index >= 15 is 0 Å². The van der Waals surface area contributed by atoms with Crippen LogP contribution < -0.4 is 10.1 Å². The lowest BCUT2D eigenvalue weighted by molar-refractivity contribution is -0.142. The highest BCUT2D eigenvalue weighted by Crippen LogP contribution is 2.21. The SMILES string of the molecule is CN=C(NCC(c1ccc(OC)cc1)N(C)C)N1CCN(C(=O)C2CCCO2)CC1. The maximum Gasteiger partial charge on any atom is 0.251 e. The Kier molecular flexibility index (Phi) is 7.93. The highest BCUT2D eigenvalue weighted by molar-refractivity contribution is 5.82. The second-order valence-electron chi connectivity index (χ2n) is 7.99. The molecule has 0 saturated carbocycles. The monoisotopic (exact) mass is 417 g/mol. The third kappa shape index (κ3) is 5.43. The Balaban J connectivity index is 1.53. The zero-order valence-corrected chi connectivity index (χ0v) is 18.6. The summed E-state index contributed by atoms with van der Waals surface area (Å²) in [5.41, 5.74) is 1.22. The number of hydrogen-bond donors (Lipinski definition) is 1. The first-order chi connectivity index (χ1) is 14.5. The van der Waals surface area contributed by atoms with Crippen LogP contribution in [0.3, 0.4) is 0 Å². The van der Waals surface area contributed by atoms with Crippen molar-refractivity contribution in [1.82, 2.24) is 20.0 Å². The van der Waals surface area contributed by atoms with Crippen LogP contribution in [0.4, 0.5) is 0 Å². The van der Waals surface area contributed by atoms with Gasteiger partial charge in [-0.05, 0) is 44.6 Å². The molecule has 166 valence electrons. The number of amides is 1. The van der Waals surface area contributed by atoms with Crippen LogP contribution in [0.15, 0.2) is 29.3 Å². The van der Waals surface area contributed by atoms with E-state index in [0.717, 1.165) is 44.2 Å². The van der Waals surface area contributed by atoms with E-state index in [1.165, 1.54) is 5.56 Å². The van der Waals surface area contributed by atoms with Gasteiger partial charge in [-0.25, -0.2) is 0 Å². The lowest BCUT2D eigenvalue weighted by Gasteiger charge is -2.38. The summed E-state index contributed by atoms with van der Waals surface area (Å²) in [5.74, 6) is 1.87. The van der Waals surface area contributed by atoms with Gasteiger partial charge < -0.3 is 29.5 Å². The molecule has 0 radical (unpaired) electrons. The number of ether oxygens (including phenoxy) is 2. The number of rotatable bonds is 6. The molecule has 1 aromatic rings. The van der Waals surface area contributed by atoms with Crippen LogP contribution in [-0.2, 0) is 9.53 Å². The van der Waals surface area contributed by atoms with Crippen molar-refractivity contribution in [3.8, 4) is 5.75 Å². The average Bonchev–Trinajstić information content (AvgIpc) is 3.31. The van der Waals surface area contributed by atoms with E-state index in [0.29, 0.717) is 19.7 Å². The van der Waals surface area contributed by atoms with Crippen molar-refractivity contribution in [3.05, 3.63) is 29.8 Å². The van der Waals surface area contributed by atoms with E-state index in [1.54, 1.807) is 7.11 Å². The molecule has 2 unspecified atom stereocenters. The molecule has 0 spiro atoms. The molecule has 0 aliphatic carbocycles. The standard InChI is InChI=1S/C22H35N5O3/c1-23-22(24-16-19(25(2)3)17-7-9-18(29-4)10-8-17)27-13-11-26(12-14-27)21(28)20-6-5-15-30-20/h7-10,19-20H,5-6,11-16H2,1-4H3,(H,23,24). The molecule has 8 heteroatoms. The van der Waals surface area contributed by atoms with Crippen LogP contribution >= 0.6 is 0 Å². The number of carbonyl (C=O) groups is 1. The van der Waals surface area contributed by atoms with E-state index in [4.69, 9.17) is 9.47 Å². The summed E-state index contributed by atoms with van der Waals surface area (Å²) < 4.78 is 10.8. The molecule has 2 heterocycles. The maximum absolute atomic E-state index is 12.6. The number of carbonyl (C=O) groups excluding carboxylic acids is 1. The smallest absolute Gasteiger partial charge is 0.251 e. The molecule has 2 aliphatic rings. The summed E-state index contributed by atoms with van der Waals surface area (Å²) in [4.78, 5) is 23.4. The molecular weight excluding hydrogens is 382 g/mol. The summed E-state index contributed by atoms with van der Waals surface area (Å²) in [6.45, 7) is 4.39. The van der Waals surface area contributed by atoms with E-state index in [1.807, 2.05) is 24.1 Å². The maximum atomic E-state index is 12.6. The van der Waals surface area contributed by atoms with Crippen LogP contribution in [0.1, 0.15) is 24.4 Å². The Hall–Kier alpha value is -2.32. The number of hydrogen-bond acceptors (Lipinski definition) is 5. The molecular formula is C22H35N5O3. The number of piperazine rings is 1. The Bertz CT molecular complexity index is 708. The number of methoxy groups -OCH3 is 1. The van der Waals surface area contributed by atoms with Crippen molar-refractivity contribution in [1.29, 1.82) is 0 Å². The van der Waals surface area contributed by atoms with Gasteiger partial charge in [-0.2, -0.15) is 0 Å². The number of guanidine groups is 1.